The zero-order chi connectivity index (χ0) is 22.7. The van der Waals surface area contributed by atoms with Crippen molar-refractivity contribution in [3.8, 4) is 0 Å². The zero-order valence-corrected chi connectivity index (χ0v) is 16.6. The normalized spacial score (nSPS) is 10.7. The molecule has 4 rings (SSSR count). The number of amides is 2. The fraction of sp³-hybridized carbons (Fsp3) is 0.0435. The van der Waals surface area contributed by atoms with Crippen LogP contribution in [0.3, 0.4) is 0 Å². The van der Waals surface area contributed by atoms with E-state index in [1.165, 1.54) is 6.33 Å². The Morgan fingerprint density at radius 1 is 0.938 bits per heavy atom. The van der Waals surface area contributed by atoms with E-state index in [1.54, 1.807) is 36.4 Å². The summed E-state index contributed by atoms with van der Waals surface area (Å²) >= 11 is 0. The maximum absolute atomic E-state index is 13.8. The molecule has 4 aromatic rings. The number of aromatic nitrogens is 2. The van der Waals surface area contributed by atoms with Crippen LogP contribution >= 0.6 is 0 Å². The smallest absolute Gasteiger partial charge is 0.258 e. The standard InChI is InChI=1S/C23H17F2N5O2/c24-14-7-8-16(19(25)10-14)23(32)30-15-4-1-3-13(9-15)11-27-22-18-6-2-5-17(21(26)31)20(18)28-12-29-22/h1-10,12H,11H2,(H2,26,31)(H,30,32)(H,27,28,29). The van der Waals surface area contributed by atoms with Gasteiger partial charge in [-0.2, -0.15) is 0 Å². The molecule has 2 amide bonds. The summed E-state index contributed by atoms with van der Waals surface area (Å²) in [4.78, 5) is 32.3. The monoisotopic (exact) mass is 433 g/mol. The quantitative estimate of drug-likeness (QED) is 0.428. The van der Waals surface area contributed by atoms with Crippen molar-refractivity contribution in [2.24, 2.45) is 5.73 Å². The van der Waals surface area contributed by atoms with Crippen molar-refractivity contribution >= 4 is 34.2 Å². The van der Waals surface area contributed by atoms with Crippen LogP contribution in [0.4, 0.5) is 20.3 Å². The minimum Gasteiger partial charge on any atom is -0.366 e. The summed E-state index contributed by atoms with van der Waals surface area (Å²) < 4.78 is 26.9. The highest BCUT2D eigenvalue weighted by atomic mass is 19.1. The topological polar surface area (TPSA) is 110 Å². The number of primary amides is 1. The lowest BCUT2D eigenvalue weighted by Crippen LogP contribution is -2.14. The van der Waals surface area contributed by atoms with E-state index in [1.807, 2.05) is 6.07 Å². The number of hydrogen-bond acceptors (Lipinski definition) is 5. The van der Waals surface area contributed by atoms with E-state index in [9.17, 15) is 18.4 Å². The van der Waals surface area contributed by atoms with Crippen molar-refractivity contribution in [2.75, 3.05) is 10.6 Å². The molecule has 0 saturated heterocycles. The van der Waals surface area contributed by atoms with Gasteiger partial charge in [-0.1, -0.05) is 18.2 Å². The van der Waals surface area contributed by atoms with Gasteiger partial charge < -0.3 is 16.4 Å². The Labute approximate surface area is 181 Å². The number of benzene rings is 3. The summed E-state index contributed by atoms with van der Waals surface area (Å²) in [6, 6.07) is 14.8. The first-order valence-corrected chi connectivity index (χ1v) is 9.55. The highest BCUT2D eigenvalue weighted by Gasteiger charge is 2.14. The maximum Gasteiger partial charge on any atom is 0.258 e. The van der Waals surface area contributed by atoms with E-state index in [0.29, 0.717) is 40.6 Å². The molecule has 32 heavy (non-hydrogen) atoms. The molecular weight excluding hydrogens is 416 g/mol. The van der Waals surface area contributed by atoms with Crippen LogP contribution in [0, 0.1) is 11.6 Å². The van der Waals surface area contributed by atoms with Gasteiger partial charge in [0.1, 0.15) is 23.8 Å². The van der Waals surface area contributed by atoms with Crippen LogP contribution in [0.15, 0.2) is 67.0 Å². The number of nitrogens with zero attached hydrogens (tertiary/aromatic N) is 2. The molecule has 3 aromatic carbocycles. The minimum atomic E-state index is -0.939. The summed E-state index contributed by atoms with van der Waals surface area (Å²) in [7, 11) is 0. The predicted octanol–water partition coefficient (Wildman–Crippen LogP) is 3.87. The Morgan fingerprint density at radius 3 is 2.53 bits per heavy atom. The zero-order valence-electron chi connectivity index (χ0n) is 16.6. The third kappa shape index (κ3) is 4.36. The Balaban J connectivity index is 1.51. The average molecular weight is 433 g/mol. The number of anilines is 2. The van der Waals surface area contributed by atoms with Gasteiger partial charge in [-0.3, -0.25) is 9.59 Å². The molecule has 160 valence electrons. The van der Waals surface area contributed by atoms with Crippen molar-refractivity contribution in [1.82, 2.24) is 9.97 Å². The summed E-state index contributed by atoms with van der Waals surface area (Å²) in [5.41, 5.74) is 7.15. The fourth-order valence-corrected chi connectivity index (χ4v) is 3.24. The first-order chi connectivity index (χ1) is 15.4. The molecule has 0 saturated carbocycles. The number of halogens is 2. The lowest BCUT2D eigenvalue weighted by molar-refractivity contribution is 0.0998. The highest BCUT2D eigenvalue weighted by Crippen LogP contribution is 2.23. The van der Waals surface area contributed by atoms with Crippen LogP contribution in [0.1, 0.15) is 26.3 Å². The molecule has 0 aliphatic heterocycles. The van der Waals surface area contributed by atoms with E-state index in [-0.39, 0.29) is 5.56 Å². The Kier molecular flexibility index (Phi) is 5.71. The van der Waals surface area contributed by atoms with Crippen LogP contribution in [-0.4, -0.2) is 21.8 Å². The summed E-state index contributed by atoms with van der Waals surface area (Å²) in [6.07, 6.45) is 1.34. The summed E-state index contributed by atoms with van der Waals surface area (Å²) in [5, 5.41) is 6.42. The molecule has 0 aliphatic carbocycles. The number of fused-ring (bicyclic) bond motifs is 1. The minimum absolute atomic E-state index is 0.257. The third-order valence-electron chi connectivity index (χ3n) is 4.75. The average Bonchev–Trinajstić information content (AvgIpc) is 2.77. The van der Waals surface area contributed by atoms with Crippen molar-refractivity contribution in [2.45, 2.75) is 6.54 Å². The second kappa shape index (κ2) is 8.76. The number of rotatable bonds is 6. The van der Waals surface area contributed by atoms with Crippen molar-refractivity contribution in [3.63, 3.8) is 0 Å². The van der Waals surface area contributed by atoms with Gasteiger partial charge in [0.2, 0.25) is 0 Å². The largest absolute Gasteiger partial charge is 0.366 e. The molecular formula is C23H17F2N5O2. The van der Waals surface area contributed by atoms with Crippen molar-refractivity contribution in [3.05, 3.63) is 95.3 Å². The van der Waals surface area contributed by atoms with Crippen LogP contribution in [0.5, 0.6) is 0 Å². The number of hydrogen-bond donors (Lipinski definition) is 3. The predicted molar refractivity (Wildman–Crippen MR) is 116 cm³/mol. The van der Waals surface area contributed by atoms with Crippen LogP contribution < -0.4 is 16.4 Å². The Hall–Kier alpha value is -4.40. The Bertz CT molecular complexity index is 1340. The SMILES string of the molecule is NC(=O)c1cccc2c(NCc3cccc(NC(=O)c4ccc(F)cc4F)c3)ncnc12. The fourth-order valence-electron chi connectivity index (χ4n) is 3.24. The highest BCUT2D eigenvalue weighted by molar-refractivity contribution is 6.07. The van der Waals surface area contributed by atoms with Gasteiger partial charge in [0, 0.05) is 23.7 Å². The molecule has 0 radical (unpaired) electrons. The van der Waals surface area contributed by atoms with Gasteiger partial charge in [-0.25, -0.2) is 18.7 Å². The van der Waals surface area contributed by atoms with Gasteiger partial charge in [-0.05, 0) is 42.0 Å². The second-order valence-corrected chi connectivity index (χ2v) is 6.92. The van der Waals surface area contributed by atoms with E-state index in [0.717, 1.165) is 17.7 Å². The van der Waals surface area contributed by atoms with Gasteiger partial charge in [0.05, 0.1) is 16.6 Å². The number of para-hydroxylation sites is 1. The van der Waals surface area contributed by atoms with E-state index in [2.05, 4.69) is 20.6 Å². The van der Waals surface area contributed by atoms with Crippen LogP contribution in [-0.2, 0) is 6.54 Å². The summed E-state index contributed by atoms with van der Waals surface area (Å²) in [6.45, 7) is 0.349. The van der Waals surface area contributed by atoms with Crippen molar-refractivity contribution < 1.29 is 18.4 Å². The number of carbonyl (C=O) groups is 2. The molecule has 0 fully saturated rings. The molecule has 7 nitrogen and oxygen atoms in total. The molecule has 0 atom stereocenters. The number of nitrogens with one attached hydrogen (secondary N) is 2. The van der Waals surface area contributed by atoms with Gasteiger partial charge >= 0.3 is 0 Å². The maximum atomic E-state index is 13.8. The van der Waals surface area contributed by atoms with E-state index in [4.69, 9.17) is 5.73 Å². The van der Waals surface area contributed by atoms with Crippen LogP contribution in [0.2, 0.25) is 0 Å². The summed E-state index contributed by atoms with van der Waals surface area (Å²) in [5.74, 6) is -2.45. The second-order valence-electron chi connectivity index (χ2n) is 6.92. The van der Waals surface area contributed by atoms with Gasteiger partial charge in [0.25, 0.3) is 11.8 Å². The first kappa shape index (κ1) is 20.9. The lowest BCUT2D eigenvalue weighted by atomic mass is 10.1. The Morgan fingerprint density at radius 2 is 1.75 bits per heavy atom. The van der Waals surface area contributed by atoms with Gasteiger partial charge in [-0.15, -0.1) is 0 Å². The van der Waals surface area contributed by atoms with Crippen LogP contribution in [0.25, 0.3) is 10.9 Å². The number of nitrogens with two attached hydrogens (primary N) is 1. The van der Waals surface area contributed by atoms with Gasteiger partial charge in [0.15, 0.2) is 0 Å². The molecule has 1 heterocycles. The molecule has 0 spiro atoms. The number of carbonyl (C=O) groups excluding carboxylic acids is 2. The lowest BCUT2D eigenvalue weighted by Gasteiger charge is -2.11. The molecule has 0 aliphatic rings. The molecule has 4 N–H and O–H groups in total. The first-order valence-electron chi connectivity index (χ1n) is 9.55. The third-order valence-corrected chi connectivity index (χ3v) is 4.75. The van der Waals surface area contributed by atoms with Crippen molar-refractivity contribution in [1.29, 1.82) is 0 Å². The van der Waals surface area contributed by atoms with E-state index >= 15 is 0 Å². The molecule has 0 bridgehead atoms. The molecule has 0 unspecified atom stereocenters. The molecule has 1 aromatic heterocycles. The van der Waals surface area contributed by atoms with E-state index < -0.39 is 23.4 Å². The molecule has 9 heteroatoms.